The highest BCUT2D eigenvalue weighted by Crippen LogP contribution is 2.29. The number of anilines is 1. The smallest absolute Gasteiger partial charge is 0.0986 e. The van der Waals surface area contributed by atoms with Crippen molar-refractivity contribution in [2.75, 3.05) is 5.73 Å². The van der Waals surface area contributed by atoms with E-state index < -0.39 is 0 Å². The lowest BCUT2D eigenvalue weighted by atomic mass is 10.2. The second-order valence-electron chi connectivity index (χ2n) is 3.87. The Hall–Kier alpha value is -1.42. The Morgan fingerprint density at radius 1 is 1.25 bits per heavy atom. The summed E-state index contributed by atoms with van der Waals surface area (Å²) in [5, 5.41) is 5.44. The Bertz CT molecular complexity index is 517. The summed E-state index contributed by atoms with van der Waals surface area (Å²) in [7, 11) is 1.95. The minimum atomic E-state index is 0.837. The highest BCUT2D eigenvalue weighted by atomic mass is 32.2. The van der Waals surface area contributed by atoms with Gasteiger partial charge in [0, 0.05) is 17.6 Å². The zero-order valence-electron chi connectivity index (χ0n) is 9.69. The zero-order valence-corrected chi connectivity index (χ0v) is 10.5. The van der Waals surface area contributed by atoms with Crippen LogP contribution < -0.4 is 5.73 Å². The summed E-state index contributed by atoms with van der Waals surface area (Å²) in [6, 6.07) is 8.20. The summed E-state index contributed by atoms with van der Waals surface area (Å²) in [6.07, 6.45) is 0. The molecule has 0 unspecified atom stereocenters. The fraction of sp³-hybridized carbons (Fsp3) is 0.250. The van der Waals surface area contributed by atoms with Gasteiger partial charge in [-0.3, -0.25) is 4.68 Å². The largest absolute Gasteiger partial charge is 0.398 e. The second-order valence-corrected chi connectivity index (χ2v) is 4.96. The standard InChI is InChI=1S/C12H15N3S/c1-8-4-5-10(7-11(8)13)16-12-6-9(2)14-15(12)3/h4-7H,13H2,1-3H3. The predicted octanol–water partition coefficient (Wildman–Crippen LogP) is 2.77. The third kappa shape index (κ3) is 2.22. The molecular formula is C12H15N3S. The van der Waals surface area contributed by atoms with Crippen LogP contribution in [0, 0.1) is 13.8 Å². The van der Waals surface area contributed by atoms with E-state index in [0.717, 1.165) is 26.9 Å². The summed E-state index contributed by atoms with van der Waals surface area (Å²) in [4.78, 5) is 1.14. The number of aryl methyl sites for hydroxylation is 3. The van der Waals surface area contributed by atoms with Crippen LogP contribution in [0.15, 0.2) is 34.2 Å². The van der Waals surface area contributed by atoms with E-state index in [1.165, 1.54) is 0 Å². The van der Waals surface area contributed by atoms with Crippen molar-refractivity contribution >= 4 is 17.4 Å². The summed E-state index contributed by atoms with van der Waals surface area (Å²) < 4.78 is 1.88. The monoisotopic (exact) mass is 233 g/mol. The van der Waals surface area contributed by atoms with E-state index in [1.54, 1.807) is 11.8 Å². The molecule has 0 aliphatic heterocycles. The summed E-state index contributed by atoms with van der Waals surface area (Å²) in [5.74, 6) is 0. The minimum absolute atomic E-state index is 0.837. The number of aromatic nitrogens is 2. The quantitative estimate of drug-likeness (QED) is 0.811. The molecule has 0 amide bonds. The molecule has 2 rings (SSSR count). The van der Waals surface area contributed by atoms with Crippen molar-refractivity contribution in [1.29, 1.82) is 0 Å². The van der Waals surface area contributed by atoms with Gasteiger partial charge in [0.2, 0.25) is 0 Å². The van der Waals surface area contributed by atoms with Gasteiger partial charge >= 0.3 is 0 Å². The van der Waals surface area contributed by atoms with Gasteiger partial charge in [0.15, 0.2) is 0 Å². The van der Waals surface area contributed by atoms with Gasteiger partial charge in [-0.05, 0) is 37.6 Å². The molecule has 0 aliphatic carbocycles. The van der Waals surface area contributed by atoms with Crippen molar-refractivity contribution in [3.63, 3.8) is 0 Å². The molecular weight excluding hydrogens is 218 g/mol. The number of hydrogen-bond donors (Lipinski definition) is 1. The first-order valence-corrected chi connectivity index (χ1v) is 5.92. The lowest BCUT2D eigenvalue weighted by Gasteiger charge is -2.04. The van der Waals surface area contributed by atoms with Gasteiger partial charge in [0.05, 0.1) is 10.7 Å². The number of nitrogens with zero attached hydrogens (tertiary/aromatic N) is 2. The van der Waals surface area contributed by atoms with E-state index in [-0.39, 0.29) is 0 Å². The fourth-order valence-corrected chi connectivity index (χ4v) is 2.45. The molecule has 1 heterocycles. The predicted molar refractivity (Wildman–Crippen MR) is 67.7 cm³/mol. The van der Waals surface area contributed by atoms with Gasteiger partial charge in [0.25, 0.3) is 0 Å². The molecule has 0 atom stereocenters. The van der Waals surface area contributed by atoms with Crippen LogP contribution in [0.1, 0.15) is 11.3 Å². The Labute approximate surface area is 99.7 Å². The van der Waals surface area contributed by atoms with Crippen molar-refractivity contribution < 1.29 is 0 Å². The first kappa shape index (κ1) is 11.1. The molecule has 2 N–H and O–H groups in total. The number of hydrogen-bond acceptors (Lipinski definition) is 3. The maximum atomic E-state index is 5.88. The molecule has 0 saturated heterocycles. The van der Waals surface area contributed by atoms with Crippen molar-refractivity contribution in [3.05, 3.63) is 35.5 Å². The molecule has 0 fully saturated rings. The van der Waals surface area contributed by atoms with Crippen LogP contribution >= 0.6 is 11.8 Å². The van der Waals surface area contributed by atoms with Crippen LogP contribution in [-0.2, 0) is 7.05 Å². The molecule has 2 aromatic rings. The Morgan fingerprint density at radius 2 is 2.00 bits per heavy atom. The lowest BCUT2D eigenvalue weighted by molar-refractivity contribution is 0.692. The third-order valence-corrected chi connectivity index (χ3v) is 3.51. The number of rotatable bonds is 2. The number of benzene rings is 1. The van der Waals surface area contributed by atoms with E-state index in [4.69, 9.17) is 5.73 Å². The van der Waals surface area contributed by atoms with E-state index >= 15 is 0 Å². The molecule has 1 aromatic carbocycles. The topological polar surface area (TPSA) is 43.8 Å². The molecule has 84 valence electrons. The first-order valence-electron chi connectivity index (χ1n) is 5.11. The Balaban J connectivity index is 2.27. The van der Waals surface area contributed by atoms with Crippen LogP contribution in [0.5, 0.6) is 0 Å². The second kappa shape index (κ2) is 4.22. The van der Waals surface area contributed by atoms with E-state index in [0.29, 0.717) is 0 Å². The first-order chi connectivity index (χ1) is 7.56. The van der Waals surface area contributed by atoms with Crippen LogP contribution in [0.4, 0.5) is 5.69 Å². The molecule has 1 aromatic heterocycles. The van der Waals surface area contributed by atoms with E-state index in [9.17, 15) is 0 Å². The van der Waals surface area contributed by atoms with Gasteiger partial charge < -0.3 is 5.73 Å². The van der Waals surface area contributed by atoms with Crippen molar-refractivity contribution in [1.82, 2.24) is 9.78 Å². The highest BCUT2D eigenvalue weighted by Gasteiger charge is 2.05. The van der Waals surface area contributed by atoms with Gasteiger partial charge in [-0.25, -0.2) is 0 Å². The molecule has 0 spiro atoms. The average Bonchev–Trinajstić information content (AvgIpc) is 2.51. The van der Waals surface area contributed by atoms with Gasteiger partial charge in [-0.15, -0.1) is 0 Å². The average molecular weight is 233 g/mol. The van der Waals surface area contributed by atoms with Crippen LogP contribution in [0.2, 0.25) is 0 Å². The minimum Gasteiger partial charge on any atom is -0.398 e. The molecule has 0 aliphatic rings. The van der Waals surface area contributed by atoms with E-state index in [2.05, 4.69) is 17.2 Å². The highest BCUT2D eigenvalue weighted by molar-refractivity contribution is 7.99. The Morgan fingerprint density at radius 3 is 2.56 bits per heavy atom. The van der Waals surface area contributed by atoms with Crippen LogP contribution in [0.3, 0.4) is 0 Å². The van der Waals surface area contributed by atoms with Crippen LogP contribution in [-0.4, -0.2) is 9.78 Å². The van der Waals surface area contributed by atoms with Gasteiger partial charge in [-0.2, -0.15) is 5.10 Å². The maximum Gasteiger partial charge on any atom is 0.0986 e. The van der Waals surface area contributed by atoms with Gasteiger partial charge in [0.1, 0.15) is 0 Å². The van der Waals surface area contributed by atoms with Crippen molar-refractivity contribution in [2.45, 2.75) is 23.8 Å². The summed E-state index contributed by atoms with van der Waals surface area (Å²) in [5.41, 5.74) is 8.87. The van der Waals surface area contributed by atoms with Crippen LogP contribution in [0.25, 0.3) is 0 Å². The summed E-state index contributed by atoms with van der Waals surface area (Å²) >= 11 is 1.68. The third-order valence-electron chi connectivity index (χ3n) is 2.43. The fourth-order valence-electron chi connectivity index (χ4n) is 1.49. The number of nitrogens with two attached hydrogens (primary N) is 1. The molecule has 0 saturated carbocycles. The summed E-state index contributed by atoms with van der Waals surface area (Å²) in [6.45, 7) is 4.01. The van der Waals surface area contributed by atoms with Crippen molar-refractivity contribution in [2.24, 2.45) is 7.05 Å². The van der Waals surface area contributed by atoms with E-state index in [1.807, 2.05) is 37.7 Å². The zero-order chi connectivity index (χ0) is 11.7. The molecule has 0 radical (unpaired) electrons. The lowest BCUT2D eigenvalue weighted by Crippen LogP contribution is -1.93. The van der Waals surface area contributed by atoms with Gasteiger partial charge in [-0.1, -0.05) is 17.8 Å². The SMILES string of the molecule is Cc1cc(Sc2ccc(C)c(N)c2)n(C)n1. The Kier molecular flexibility index (Phi) is 2.92. The molecule has 0 bridgehead atoms. The molecule has 16 heavy (non-hydrogen) atoms. The normalized spacial score (nSPS) is 10.7. The molecule has 4 heteroatoms. The maximum absolute atomic E-state index is 5.88. The molecule has 3 nitrogen and oxygen atoms in total. The van der Waals surface area contributed by atoms with Crippen molar-refractivity contribution in [3.8, 4) is 0 Å². The number of nitrogen functional groups attached to an aromatic ring is 1.